The number of carbonyl (C=O) groups is 1. The average molecular weight is 296 g/mol. The first-order valence-electron chi connectivity index (χ1n) is 6.78. The van der Waals surface area contributed by atoms with E-state index in [0.29, 0.717) is 6.54 Å². The summed E-state index contributed by atoms with van der Waals surface area (Å²) in [5.74, 6) is 5.83. The Morgan fingerprint density at radius 2 is 2.10 bits per heavy atom. The fourth-order valence-corrected chi connectivity index (χ4v) is 1.81. The highest BCUT2D eigenvalue weighted by Crippen LogP contribution is 2.20. The zero-order chi connectivity index (χ0) is 15.9. The summed E-state index contributed by atoms with van der Waals surface area (Å²) in [7, 11) is 1.60. The molecule has 0 bridgehead atoms. The van der Waals surface area contributed by atoms with Gasteiger partial charge >= 0.3 is 6.09 Å². The third-order valence-corrected chi connectivity index (χ3v) is 2.75. The molecule has 1 amide bonds. The Labute approximate surface area is 125 Å². The number of rotatable bonds is 6. The molecule has 118 valence electrons. The molecule has 1 rings (SSSR count). The van der Waals surface area contributed by atoms with Gasteiger partial charge in [0.25, 0.3) is 0 Å². The Hall–Kier alpha value is -1.79. The predicted molar refractivity (Wildman–Crippen MR) is 80.1 cm³/mol. The maximum Gasteiger partial charge on any atom is 0.407 e. The summed E-state index contributed by atoms with van der Waals surface area (Å²) in [6, 6.07) is 7.56. The van der Waals surface area contributed by atoms with Crippen LogP contribution in [0.1, 0.15) is 32.3 Å². The Bertz CT molecular complexity index is 457. The minimum atomic E-state index is -0.528. The van der Waals surface area contributed by atoms with Crippen molar-refractivity contribution >= 4 is 6.09 Å². The number of nitrogens with one attached hydrogen (secondary N) is 1. The van der Waals surface area contributed by atoms with Gasteiger partial charge in [0.2, 0.25) is 0 Å². The molecule has 6 heteroatoms. The average Bonchev–Trinajstić information content (AvgIpc) is 2.41. The Balaban J connectivity index is 2.67. The number of hydrogen-bond donors (Lipinski definition) is 2. The van der Waals surface area contributed by atoms with E-state index in [1.807, 2.05) is 45.0 Å². The molecule has 1 aromatic rings. The van der Waals surface area contributed by atoms with Gasteiger partial charge in [-0.1, -0.05) is 12.1 Å². The summed E-state index contributed by atoms with van der Waals surface area (Å²) >= 11 is 0. The zero-order valence-electron chi connectivity index (χ0n) is 13.0. The number of hydrogen-bond acceptors (Lipinski definition) is 5. The SMILES string of the molecule is COc1cccc(C(CNC(=O)OC(C)(C)C)CON)c1. The monoisotopic (exact) mass is 296 g/mol. The van der Waals surface area contributed by atoms with Crippen LogP contribution < -0.4 is 16.0 Å². The lowest BCUT2D eigenvalue weighted by molar-refractivity contribution is 0.0512. The van der Waals surface area contributed by atoms with Gasteiger partial charge in [-0.2, -0.15) is 0 Å². The Morgan fingerprint density at radius 3 is 2.67 bits per heavy atom. The summed E-state index contributed by atoms with van der Waals surface area (Å²) in [6.45, 7) is 6.08. The van der Waals surface area contributed by atoms with Gasteiger partial charge < -0.3 is 19.6 Å². The largest absolute Gasteiger partial charge is 0.497 e. The van der Waals surface area contributed by atoms with Crippen molar-refractivity contribution in [3.05, 3.63) is 29.8 Å². The first-order valence-corrected chi connectivity index (χ1v) is 6.78. The fraction of sp³-hybridized carbons (Fsp3) is 0.533. The number of carbonyl (C=O) groups excluding carboxylic acids is 1. The van der Waals surface area contributed by atoms with Gasteiger partial charge in [-0.25, -0.2) is 10.7 Å². The van der Waals surface area contributed by atoms with E-state index in [9.17, 15) is 4.79 Å². The summed E-state index contributed by atoms with van der Waals surface area (Å²) in [5, 5.41) is 2.72. The normalized spacial score (nSPS) is 12.6. The van der Waals surface area contributed by atoms with Crippen LogP contribution in [-0.4, -0.2) is 32.0 Å². The van der Waals surface area contributed by atoms with E-state index in [1.54, 1.807) is 7.11 Å². The maximum atomic E-state index is 11.7. The number of ether oxygens (including phenoxy) is 2. The van der Waals surface area contributed by atoms with Crippen molar-refractivity contribution < 1.29 is 19.1 Å². The molecule has 3 N–H and O–H groups in total. The summed E-state index contributed by atoms with van der Waals surface area (Å²) in [6.07, 6.45) is -0.465. The molecular formula is C15H24N2O4. The van der Waals surface area contributed by atoms with Crippen molar-refractivity contribution in [2.45, 2.75) is 32.3 Å². The van der Waals surface area contributed by atoms with Gasteiger partial charge in [0.15, 0.2) is 0 Å². The highest BCUT2D eigenvalue weighted by Gasteiger charge is 2.18. The van der Waals surface area contributed by atoms with Crippen molar-refractivity contribution in [2.75, 3.05) is 20.3 Å². The van der Waals surface area contributed by atoms with Crippen molar-refractivity contribution in [3.8, 4) is 5.75 Å². The van der Waals surface area contributed by atoms with Gasteiger partial charge in [0, 0.05) is 12.5 Å². The minimum absolute atomic E-state index is 0.0855. The molecule has 0 saturated heterocycles. The van der Waals surface area contributed by atoms with Crippen molar-refractivity contribution in [2.24, 2.45) is 5.90 Å². The van der Waals surface area contributed by atoms with Crippen LogP contribution in [-0.2, 0) is 9.57 Å². The second-order valence-electron chi connectivity index (χ2n) is 5.69. The minimum Gasteiger partial charge on any atom is -0.497 e. The molecule has 0 spiro atoms. The molecule has 6 nitrogen and oxygen atoms in total. The summed E-state index contributed by atoms with van der Waals surface area (Å²) in [4.78, 5) is 16.4. The van der Waals surface area contributed by atoms with E-state index in [0.717, 1.165) is 11.3 Å². The number of benzene rings is 1. The molecule has 1 atom stereocenters. The topological polar surface area (TPSA) is 82.8 Å². The lowest BCUT2D eigenvalue weighted by Gasteiger charge is -2.22. The van der Waals surface area contributed by atoms with E-state index < -0.39 is 11.7 Å². The standard InChI is InChI=1S/C15H24N2O4/c1-15(2,3)21-14(18)17-9-12(10-20-16)11-6-5-7-13(8-11)19-4/h5-8,12H,9-10,16H2,1-4H3,(H,17,18). The predicted octanol–water partition coefficient (Wildman–Crippen LogP) is 2.19. The lowest BCUT2D eigenvalue weighted by Crippen LogP contribution is -2.35. The number of nitrogens with two attached hydrogens (primary N) is 1. The molecule has 0 aliphatic carbocycles. The Morgan fingerprint density at radius 1 is 1.38 bits per heavy atom. The third kappa shape index (κ3) is 6.46. The quantitative estimate of drug-likeness (QED) is 0.786. The van der Waals surface area contributed by atoms with Crippen LogP contribution in [0.25, 0.3) is 0 Å². The third-order valence-electron chi connectivity index (χ3n) is 2.75. The molecule has 1 aromatic carbocycles. The molecule has 0 fully saturated rings. The zero-order valence-corrected chi connectivity index (χ0v) is 13.0. The Kier molecular flexibility index (Phi) is 6.45. The smallest absolute Gasteiger partial charge is 0.407 e. The molecule has 0 aromatic heterocycles. The molecule has 0 heterocycles. The van der Waals surface area contributed by atoms with E-state index in [2.05, 4.69) is 5.32 Å². The van der Waals surface area contributed by atoms with Crippen LogP contribution in [0.4, 0.5) is 4.79 Å². The van der Waals surface area contributed by atoms with E-state index in [4.69, 9.17) is 20.2 Å². The van der Waals surface area contributed by atoms with E-state index >= 15 is 0 Å². The number of alkyl carbamates (subject to hydrolysis) is 1. The van der Waals surface area contributed by atoms with Crippen molar-refractivity contribution in [1.29, 1.82) is 0 Å². The second kappa shape index (κ2) is 7.85. The first kappa shape index (κ1) is 17.3. The van der Waals surface area contributed by atoms with Gasteiger partial charge in [-0.3, -0.25) is 0 Å². The van der Waals surface area contributed by atoms with E-state index in [-0.39, 0.29) is 12.5 Å². The van der Waals surface area contributed by atoms with Crippen LogP contribution in [0.15, 0.2) is 24.3 Å². The molecular weight excluding hydrogens is 272 g/mol. The molecule has 0 radical (unpaired) electrons. The van der Waals surface area contributed by atoms with Gasteiger partial charge in [-0.05, 0) is 38.5 Å². The van der Waals surface area contributed by atoms with Crippen molar-refractivity contribution in [3.63, 3.8) is 0 Å². The molecule has 21 heavy (non-hydrogen) atoms. The van der Waals surface area contributed by atoms with Gasteiger partial charge in [0.05, 0.1) is 13.7 Å². The van der Waals surface area contributed by atoms with Crippen LogP contribution in [0.5, 0.6) is 5.75 Å². The van der Waals surface area contributed by atoms with Crippen LogP contribution in [0.2, 0.25) is 0 Å². The second-order valence-corrected chi connectivity index (χ2v) is 5.69. The fourth-order valence-electron chi connectivity index (χ4n) is 1.81. The van der Waals surface area contributed by atoms with Crippen molar-refractivity contribution in [1.82, 2.24) is 5.32 Å². The summed E-state index contributed by atoms with van der Waals surface area (Å²) in [5.41, 5.74) is 0.441. The van der Waals surface area contributed by atoms with Gasteiger partial charge in [0.1, 0.15) is 11.4 Å². The molecule has 0 aliphatic heterocycles. The summed E-state index contributed by atoms with van der Waals surface area (Å²) < 4.78 is 10.4. The van der Waals surface area contributed by atoms with Gasteiger partial charge in [-0.15, -0.1) is 0 Å². The number of methoxy groups -OCH3 is 1. The highest BCUT2D eigenvalue weighted by molar-refractivity contribution is 5.67. The van der Waals surface area contributed by atoms with Crippen LogP contribution in [0, 0.1) is 0 Å². The maximum absolute atomic E-state index is 11.7. The molecule has 0 aliphatic rings. The van der Waals surface area contributed by atoms with Crippen LogP contribution >= 0.6 is 0 Å². The first-order chi connectivity index (χ1) is 9.85. The van der Waals surface area contributed by atoms with E-state index in [1.165, 1.54) is 0 Å². The molecule has 1 unspecified atom stereocenters. The number of amides is 1. The molecule has 0 saturated carbocycles. The highest BCUT2D eigenvalue weighted by atomic mass is 16.6. The van der Waals surface area contributed by atoms with Crippen LogP contribution in [0.3, 0.4) is 0 Å². The lowest BCUT2D eigenvalue weighted by atomic mass is 10.00.